The summed E-state index contributed by atoms with van der Waals surface area (Å²) < 4.78 is 27.7. The molecule has 2 fully saturated rings. The third-order valence-electron chi connectivity index (χ3n) is 4.89. The number of piperidine rings is 1. The van der Waals surface area contributed by atoms with Gasteiger partial charge in [-0.1, -0.05) is 12.1 Å². The fourth-order valence-electron chi connectivity index (χ4n) is 3.53. The zero-order valence-electron chi connectivity index (χ0n) is 14.3. The zero-order valence-corrected chi connectivity index (χ0v) is 15.1. The molecule has 24 heavy (non-hydrogen) atoms. The van der Waals surface area contributed by atoms with Crippen LogP contribution in [0.5, 0.6) is 0 Å². The van der Waals surface area contributed by atoms with E-state index in [1.54, 1.807) is 10.4 Å². The Hall–Kier alpha value is -1.44. The third-order valence-corrected chi connectivity index (χ3v) is 6.89. The molecule has 2 heterocycles. The highest BCUT2D eigenvalue weighted by Gasteiger charge is 2.35. The van der Waals surface area contributed by atoms with Crippen LogP contribution < -0.4 is 5.32 Å². The van der Waals surface area contributed by atoms with Crippen molar-refractivity contribution >= 4 is 15.9 Å². The largest absolute Gasteiger partial charge is 0.336 e. The van der Waals surface area contributed by atoms with E-state index in [1.165, 1.54) is 0 Å². The van der Waals surface area contributed by atoms with Crippen molar-refractivity contribution in [2.45, 2.75) is 37.6 Å². The lowest BCUT2D eigenvalue weighted by molar-refractivity contribution is -0.135. The lowest BCUT2D eigenvalue weighted by atomic mass is 10.1. The van der Waals surface area contributed by atoms with Crippen molar-refractivity contribution in [1.29, 1.82) is 0 Å². The number of piperazine rings is 1. The molecule has 2 saturated heterocycles. The number of nitrogens with zero attached hydrogens (tertiary/aromatic N) is 2. The van der Waals surface area contributed by atoms with Crippen LogP contribution in [-0.2, 0) is 14.8 Å². The van der Waals surface area contributed by atoms with Gasteiger partial charge >= 0.3 is 0 Å². The molecule has 6 nitrogen and oxygen atoms in total. The Morgan fingerprint density at radius 3 is 2.75 bits per heavy atom. The predicted molar refractivity (Wildman–Crippen MR) is 92.3 cm³/mol. The van der Waals surface area contributed by atoms with Crippen LogP contribution in [0.25, 0.3) is 0 Å². The second-order valence-corrected chi connectivity index (χ2v) is 8.60. The topological polar surface area (TPSA) is 69.7 Å². The van der Waals surface area contributed by atoms with Gasteiger partial charge in [0.05, 0.1) is 11.4 Å². The van der Waals surface area contributed by atoms with E-state index < -0.39 is 10.0 Å². The first-order chi connectivity index (χ1) is 11.4. The molecule has 132 valence electrons. The minimum Gasteiger partial charge on any atom is -0.336 e. The van der Waals surface area contributed by atoms with Crippen LogP contribution in [0.15, 0.2) is 23.1 Å². The molecular weight excluding hydrogens is 326 g/mol. The number of sulfonamides is 1. The van der Waals surface area contributed by atoms with Crippen LogP contribution in [0.2, 0.25) is 0 Å². The molecule has 0 spiro atoms. The van der Waals surface area contributed by atoms with Gasteiger partial charge in [-0.3, -0.25) is 4.79 Å². The van der Waals surface area contributed by atoms with E-state index in [1.807, 2.05) is 30.9 Å². The molecule has 0 bridgehead atoms. The van der Waals surface area contributed by atoms with E-state index >= 15 is 0 Å². The van der Waals surface area contributed by atoms with Gasteiger partial charge in [0.15, 0.2) is 0 Å². The molecule has 3 rings (SSSR count). The quantitative estimate of drug-likeness (QED) is 0.878. The second-order valence-electron chi connectivity index (χ2n) is 6.69. The molecule has 1 atom stereocenters. The van der Waals surface area contributed by atoms with Crippen LogP contribution in [0, 0.1) is 13.8 Å². The Morgan fingerprint density at radius 2 is 2.00 bits per heavy atom. The van der Waals surface area contributed by atoms with Crippen molar-refractivity contribution < 1.29 is 13.2 Å². The molecule has 2 aliphatic rings. The monoisotopic (exact) mass is 351 g/mol. The number of hydrogen-bond donors (Lipinski definition) is 1. The first kappa shape index (κ1) is 17.4. The number of rotatable bonds is 3. The number of nitrogens with one attached hydrogen (secondary N) is 1. The van der Waals surface area contributed by atoms with Crippen molar-refractivity contribution in [3.8, 4) is 0 Å². The fourth-order valence-corrected chi connectivity index (χ4v) is 5.35. The van der Waals surface area contributed by atoms with Crippen LogP contribution in [-0.4, -0.2) is 62.3 Å². The van der Waals surface area contributed by atoms with E-state index in [0.29, 0.717) is 31.1 Å². The van der Waals surface area contributed by atoms with Gasteiger partial charge < -0.3 is 10.2 Å². The molecule has 0 radical (unpaired) electrons. The Kier molecular flexibility index (Phi) is 4.94. The molecule has 1 aromatic rings. The molecule has 0 aromatic heterocycles. The molecule has 0 unspecified atom stereocenters. The Morgan fingerprint density at radius 1 is 1.21 bits per heavy atom. The van der Waals surface area contributed by atoms with Crippen LogP contribution in [0.1, 0.15) is 24.0 Å². The van der Waals surface area contributed by atoms with E-state index in [-0.39, 0.29) is 11.9 Å². The van der Waals surface area contributed by atoms with Gasteiger partial charge in [-0.15, -0.1) is 0 Å². The first-order valence-corrected chi connectivity index (χ1v) is 9.91. The van der Waals surface area contributed by atoms with Gasteiger partial charge in [0.1, 0.15) is 0 Å². The molecular formula is C17H25N3O3S. The first-order valence-electron chi connectivity index (χ1n) is 8.47. The lowest BCUT2D eigenvalue weighted by Crippen LogP contribution is -2.57. The highest BCUT2D eigenvalue weighted by Crippen LogP contribution is 2.26. The van der Waals surface area contributed by atoms with Crippen LogP contribution in [0.3, 0.4) is 0 Å². The summed E-state index contributed by atoms with van der Waals surface area (Å²) in [5, 5.41) is 3.06. The Balaban J connectivity index is 1.83. The summed E-state index contributed by atoms with van der Waals surface area (Å²) in [6.07, 6.45) is 1.65. The van der Waals surface area contributed by atoms with Crippen molar-refractivity contribution in [1.82, 2.24) is 14.5 Å². The Bertz CT molecular complexity index is 733. The van der Waals surface area contributed by atoms with Crippen LogP contribution in [0.4, 0.5) is 0 Å². The van der Waals surface area contributed by atoms with Gasteiger partial charge in [-0.25, -0.2) is 8.42 Å². The molecule has 1 aromatic carbocycles. The average molecular weight is 351 g/mol. The number of amides is 1. The minimum absolute atomic E-state index is 0.0201. The fraction of sp³-hybridized carbons (Fsp3) is 0.588. The van der Waals surface area contributed by atoms with Crippen molar-refractivity contribution in [3.05, 3.63) is 29.3 Å². The Labute approximate surface area is 143 Å². The second kappa shape index (κ2) is 6.82. The number of carbonyl (C=O) groups is 1. The summed E-state index contributed by atoms with van der Waals surface area (Å²) in [4.78, 5) is 14.3. The molecule has 7 heteroatoms. The summed E-state index contributed by atoms with van der Waals surface area (Å²) in [6, 6.07) is 5.49. The predicted octanol–water partition coefficient (Wildman–Crippen LogP) is 0.888. The molecule has 1 amide bonds. The van der Waals surface area contributed by atoms with Gasteiger partial charge in [0.2, 0.25) is 15.9 Å². The highest BCUT2D eigenvalue weighted by atomic mass is 32.2. The molecule has 0 saturated carbocycles. The third kappa shape index (κ3) is 3.34. The van der Waals surface area contributed by atoms with Gasteiger partial charge in [-0.05, 0) is 43.9 Å². The maximum Gasteiger partial charge on any atom is 0.243 e. The van der Waals surface area contributed by atoms with Gasteiger partial charge in [0, 0.05) is 32.2 Å². The lowest BCUT2D eigenvalue weighted by Gasteiger charge is -2.40. The molecule has 1 N–H and O–H groups in total. The smallest absolute Gasteiger partial charge is 0.243 e. The SMILES string of the molecule is Cc1ccc(C)c(S(=O)(=O)N2CCC[C@H](N3CCNCC3=O)C2)c1. The maximum atomic E-state index is 13.1. The van der Waals surface area contributed by atoms with Gasteiger partial charge in [-0.2, -0.15) is 4.31 Å². The molecule has 2 aliphatic heterocycles. The summed E-state index contributed by atoms with van der Waals surface area (Å²) >= 11 is 0. The minimum atomic E-state index is -3.52. The van der Waals surface area contributed by atoms with Crippen LogP contribution >= 0.6 is 0 Å². The van der Waals surface area contributed by atoms with E-state index in [4.69, 9.17) is 0 Å². The number of hydrogen-bond acceptors (Lipinski definition) is 4. The maximum absolute atomic E-state index is 13.1. The van der Waals surface area contributed by atoms with E-state index in [0.717, 1.165) is 30.5 Å². The zero-order chi connectivity index (χ0) is 17.3. The summed E-state index contributed by atoms with van der Waals surface area (Å²) in [7, 11) is -3.52. The van der Waals surface area contributed by atoms with E-state index in [2.05, 4.69) is 5.32 Å². The van der Waals surface area contributed by atoms with Gasteiger partial charge in [0.25, 0.3) is 0 Å². The summed E-state index contributed by atoms with van der Waals surface area (Å²) in [5.41, 5.74) is 1.70. The number of carbonyl (C=O) groups excluding carboxylic acids is 1. The van der Waals surface area contributed by atoms with E-state index in [9.17, 15) is 13.2 Å². The number of benzene rings is 1. The summed E-state index contributed by atoms with van der Waals surface area (Å²) in [6.45, 7) is 6.41. The average Bonchev–Trinajstić information content (AvgIpc) is 2.57. The summed E-state index contributed by atoms with van der Waals surface area (Å²) in [5.74, 6) is 0.0669. The normalized spacial score (nSPS) is 23.5. The van der Waals surface area contributed by atoms with Crippen molar-refractivity contribution in [2.24, 2.45) is 0 Å². The number of aryl methyl sites for hydroxylation is 2. The van der Waals surface area contributed by atoms with Crippen molar-refractivity contribution in [3.63, 3.8) is 0 Å². The van der Waals surface area contributed by atoms with Crippen molar-refractivity contribution in [2.75, 3.05) is 32.7 Å². The molecule has 0 aliphatic carbocycles. The highest BCUT2D eigenvalue weighted by molar-refractivity contribution is 7.89. The standard InChI is InChI=1S/C17H25N3O3S/c1-13-5-6-14(2)16(10-13)24(22,23)19-8-3-4-15(12-19)20-9-7-18-11-17(20)21/h5-6,10,15,18H,3-4,7-9,11-12H2,1-2H3/t15-/m0/s1.